The van der Waals surface area contributed by atoms with E-state index in [0.29, 0.717) is 6.54 Å². The van der Waals surface area contributed by atoms with Gasteiger partial charge < -0.3 is 14.4 Å². The van der Waals surface area contributed by atoms with Crippen LogP contribution in [0.25, 0.3) is 11.0 Å². The summed E-state index contributed by atoms with van der Waals surface area (Å²) in [4.78, 5) is 4.70. The Morgan fingerprint density at radius 1 is 1.17 bits per heavy atom. The smallest absolute Gasteiger partial charge is 0.119 e. The van der Waals surface area contributed by atoms with Gasteiger partial charge in [0.15, 0.2) is 0 Å². The number of imidazole rings is 1. The third kappa shape index (κ3) is 3.77. The standard InChI is InChI=1S/C20H24N2O2/c1-3-7-20-21-18-10-4-5-11-19(18)22(20)13-16(23)14-24-17-9-6-8-15(2)12-17/h4-6,8-12,16,23H,3,7,13-14H2,1-2H3. The molecule has 0 fully saturated rings. The van der Waals surface area contributed by atoms with Crippen molar-refractivity contribution in [2.75, 3.05) is 6.61 Å². The average Bonchev–Trinajstić information content (AvgIpc) is 2.91. The summed E-state index contributed by atoms with van der Waals surface area (Å²) in [7, 11) is 0. The molecule has 0 aliphatic heterocycles. The van der Waals surface area contributed by atoms with Crippen molar-refractivity contribution in [1.29, 1.82) is 0 Å². The van der Waals surface area contributed by atoms with E-state index < -0.39 is 6.10 Å². The summed E-state index contributed by atoms with van der Waals surface area (Å²) in [6.45, 7) is 4.92. The lowest BCUT2D eigenvalue weighted by molar-refractivity contribution is 0.0927. The van der Waals surface area contributed by atoms with Crippen molar-refractivity contribution in [3.8, 4) is 5.75 Å². The lowest BCUT2D eigenvalue weighted by atomic mass is 10.2. The molecular formula is C20H24N2O2. The molecule has 1 N–H and O–H groups in total. The second-order valence-electron chi connectivity index (χ2n) is 6.16. The van der Waals surface area contributed by atoms with Crippen molar-refractivity contribution in [1.82, 2.24) is 9.55 Å². The van der Waals surface area contributed by atoms with Gasteiger partial charge in [-0.1, -0.05) is 31.2 Å². The highest BCUT2D eigenvalue weighted by Gasteiger charge is 2.14. The second kappa shape index (κ2) is 7.49. The minimum Gasteiger partial charge on any atom is -0.491 e. The second-order valence-corrected chi connectivity index (χ2v) is 6.16. The minimum absolute atomic E-state index is 0.265. The fraction of sp³-hybridized carbons (Fsp3) is 0.350. The number of rotatable bonds is 7. The van der Waals surface area contributed by atoms with Gasteiger partial charge in [-0.15, -0.1) is 0 Å². The van der Waals surface area contributed by atoms with Crippen LogP contribution in [-0.4, -0.2) is 27.4 Å². The molecule has 3 rings (SSSR count). The third-order valence-corrected chi connectivity index (χ3v) is 4.03. The highest BCUT2D eigenvalue weighted by atomic mass is 16.5. The molecule has 24 heavy (non-hydrogen) atoms. The van der Waals surface area contributed by atoms with Crippen molar-refractivity contribution in [2.24, 2.45) is 0 Å². The Labute approximate surface area is 142 Å². The molecule has 1 atom stereocenters. The van der Waals surface area contributed by atoms with Crippen LogP contribution in [0, 0.1) is 6.92 Å². The third-order valence-electron chi connectivity index (χ3n) is 4.03. The molecule has 1 aromatic heterocycles. The Hall–Kier alpha value is -2.33. The topological polar surface area (TPSA) is 47.3 Å². The largest absolute Gasteiger partial charge is 0.491 e. The van der Waals surface area contributed by atoms with Crippen molar-refractivity contribution in [3.05, 3.63) is 59.9 Å². The van der Waals surface area contributed by atoms with E-state index in [-0.39, 0.29) is 6.61 Å². The first-order valence-corrected chi connectivity index (χ1v) is 8.49. The number of aliphatic hydroxyl groups excluding tert-OH is 1. The van der Waals surface area contributed by atoms with Crippen LogP contribution in [0.15, 0.2) is 48.5 Å². The van der Waals surface area contributed by atoms with Gasteiger partial charge >= 0.3 is 0 Å². The summed E-state index contributed by atoms with van der Waals surface area (Å²) < 4.78 is 7.84. The van der Waals surface area contributed by atoms with Crippen molar-refractivity contribution < 1.29 is 9.84 Å². The quantitative estimate of drug-likeness (QED) is 0.720. The molecule has 4 heteroatoms. The zero-order valence-corrected chi connectivity index (χ0v) is 14.3. The van der Waals surface area contributed by atoms with Crippen LogP contribution < -0.4 is 4.74 Å². The van der Waals surface area contributed by atoms with Gasteiger partial charge in [0.2, 0.25) is 0 Å². The van der Waals surface area contributed by atoms with Crippen LogP contribution in [0.3, 0.4) is 0 Å². The average molecular weight is 324 g/mol. The van der Waals surface area contributed by atoms with E-state index in [1.165, 1.54) is 0 Å². The number of nitrogens with zero attached hydrogens (tertiary/aromatic N) is 2. The summed E-state index contributed by atoms with van der Waals surface area (Å²) in [5.74, 6) is 1.81. The van der Waals surface area contributed by atoms with Gasteiger partial charge in [-0.3, -0.25) is 0 Å². The van der Waals surface area contributed by atoms with Gasteiger partial charge in [-0.25, -0.2) is 4.98 Å². The molecule has 3 aromatic rings. The predicted molar refractivity (Wildman–Crippen MR) is 96.4 cm³/mol. The normalized spacial score (nSPS) is 12.5. The molecular weight excluding hydrogens is 300 g/mol. The Morgan fingerprint density at radius 3 is 2.79 bits per heavy atom. The highest BCUT2D eigenvalue weighted by molar-refractivity contribution is 5.75. The number of para-hydroxylation sites is 2. The number of benzene rings is 2. The molecule has 0 amide bonds. The van der Waals surface area contributed by atoms with Crippen molar-refractivity contribution in [3.63, 3.8) is 0 Å². The zero-order chi connectivity index (χ0) is 16.9. The number of hydrogen-bond acceptors (Lipinski definition) is 3. The minimum atomic E-state index is -0.585. The van der Waals surface area contributed by atoms with Gasteiger partial charge in [0.1, 0.15) is 24.3 Å². The van der Waals surface area contributed by atoms with Crippen LogP contribution in [-0.2, 0) is 13.0 Å². The van der Waals surface area contributed by atoms with E-state index in [1.54, 1.807) is 0 Å². The number of aryl methyl sites for hydroxylation is 2. The molecule has 0 saturated carbocycles. The molecule has 0 aliphatic carbocycles. The molecule has 1 unspecified atom stereocenters. The van der Waals surface area contributed by atoms with E-state index >= 15 is 0 Å². The maximum atomic E-state index is 10.4. The fourth-order valence-electron chi connectivity index (χ4n) is 2.90. The number of fused-ring (bicyclic) bond motifs is 1. The van der Waals surface area contributed by atoms with Crippen molar-refractivity contribution in [2.45, 2.75) is 39.3 Å². The van der Waals surface area contributed by atoms with Gasteiger partial charge in [0.05, 0.1) is 17.6 Å². The summed E-state index contributed by atoms with van der Waals surface area (Å²) in [6, 6.07) is 15.9. The van der Waals surface area contributed by atoms with Gasteiger partial charge in [0, 0.05) is 6.42 Å². The van der Waals surface area contributed by atoms with E-state index in [1.807, 2.05) is 49.4 Å². The lowest BCUT2D eigenvalue weighted by Gasteiger charge is -2.16. The van der Waals surface area contributed by atoms with E-state index in [2.05, 4.69) is 17.6 Å². The van der Waals surface area contributed by atoms with Gasteiger partial charge in [-0.05, 0) is 43.2 Å². The molecule has 4 nitrogen and oxygen atoms in total. The molecule has 0 radical (unpaired) electrons. The molecule has 0 bridgehead atoms. The first kappa shape index (κ1) is 16.5. The van der Waals surface area contributed by atoms with Gasteiger partial charge in [-0.2, -0.15) is 0 Å². The monoisotopic (exact) mass is 324 g/mol. The van der Waals surface area contributed by atoms with Crippen LogP contribution in [0.4, 0.5) is 0 Å². The van der Waals surface area contributed by atoms with Crippen LogP contribution in [0.2, 0.25) is 0 Å². The molecule has 0 spiro atoms. The summed E-state index contributed by atoms with van der Waals surface area (Å²) in [5.41, 5.74) is 3.19. The summed E-state index contributed by atoms with van der Waals surface area (Å²) in [6.07, 6.45) is 1.35. The molecule has 2 aromatic carbocycles. The lowest BCUT2D eigenvalue weighted by Crippen LogP contribution is -2.24. The van der Waals surface area contributed by atoms with Gasteiger partial charge in [0.25, 0.3) is 0 Å². The highest BCUT2D eigenvalue weighted by Crippen LogP contribution is 2.18. The first-order chi connectivity index (χ1) is 11.7. The number of aliphatic hydroxyl groups is 1. The molecule has 126 valence electrons. The molecule has 0 aliphatic rings. The van der Waals surface area contributed by atoms with Crippen LogP contribution in [0.1, 0.15) is 24.7 Å². The fourth-order valence-corrected chi connectivity index (χ4v) is 2.90. The Morgan fingerprint density at radius 2 is 2.00 bits per heavy atom. The number of hydrogen-bond donors (Lipinski definition) is 1. The predicted octanol–water partition coefficient (Wildman–Crippen LogP) is 3.74. The van der Waals surface area contributed by atoms with Crippen LogP contribution >= 0.6 is 0 Å². The zero-order valence-electron chi connectivity index (χ0n) is 14.3. The Balaban J connectivity index is 1.72. The van der Waals surface area contributed by atoms with E-state index in [0.717, 1.165) is 41.0 Å². The maximum absolute atomic E-state index is 10.4. The van der Waals surface area contributed by atoms with Crippen LogP contribution in [0.5, 0.6) is 5.75 Å². The number of ether oxygens (including phenoxy) is 1. The first-order valence-electron chi connectivity index (χ1n) is 8.49. The maximum Gasteiger partial charge on any atom is 0.119 e. The number of aromatic nitrogens is 2. The SMILES string of the molecule is CCCc1nc2ccccc2n1CC(O)COc1cccc(C)c1. The molecule has 1 heterocycles. The van der Waals surface area contributed by atoms with Crippen molar-refractivity contribution >= 4 is 11.0 Å². The molecule has 0 saturated heterocycles. The Kier molecular flexibility index (Phi) is 5.16. The summed E-state index contributed by atoms with van der Waals surface area (Å²) in [5, 5.41) is 10.4. The Bertz CT molecular complexity index is 810. The van der Waals surface area contributed by atoms with E-state index in [9.17, 15) is 5.11 Å². The van der Waals surface area contributed by atoms with E-state index in [4.69, 9.17) is 9.72 Å². The summed E-state index contributed by atoms with van der Waals surface area (Å²) >= 11 is 0.